The molecule has 0 bridgehead atoms. The fraction of sp³-hybridized carbons (Fsp3) is 0.312. The minimum Gasteiger partial charge on any atom is -0.394 e. The molecule has 3 N–H and O–H groups in total. The van der Waals surface area contributed by atoms with Crippen LogP contribution in [0.2, 0.25) is 0 Å². The fourth-order valence-corrected chi connectivity index (χ4v) is 4.98. The molecule has 0 spiro atoms. The summed E-state index contributed by atoms with van der Waals surface area (Å²) >= 11 is 1.53. The van der Waals surface area contributed by atoms with Crippen molar-refractivity contribution in [1.29, 1.82) is 0 Å². The first-order valence-corrected chi connectivity index (χ1v) is 14.1. The highest BCUT2D eigenvalue weighted by Crippen LogP contribution is 2.23. The van der Waals surface area contributed by atoms with Crippen molar-refractivity contribution in [2.75, 3.05) is 6.61 Å². The van der Waals surface area contributed by atoms with E-state index in [4.69, 9.17) is 14.2 Å². The standard InChI is InChI=1S/C32H35FO6S/c33-26-15-13-25(14-16-26)21-38-29(19-34)30(35)31(36)32(39-22-27-12-7-17-40-27)28(18-23-8-3-1-4-9-23)37-20-24-10-5-2-6-11-24/h1-17,28-32,34-36H,18-22H2/t28?,29-,30-,31+,32-/m1/s1. The maximum atomic E-state index is 13.3. The van der Waals surface area contributed by atoms with E-state index in [1.165, 1.54) is 23.5 Å². The summed E-state index contributed by atoms with van der Waals surface area (Å²) in [7, 11) is 0. The van der Waals surface area contributed by atoms with Crippen LogP contribution in [-0.2, 0) is 40.5 Å². The smallest absolute Gasteiger partial charge is 0.123 e. The third kappa shape index (κ3) is 9.04. The maximum Gasteiger partial charge on any atom is 0.123 e. The first-order valence-electron chi connectivity index (χ1n) is 13.2. The summed E-state index contributed by atoms with van der Waals surface area (Å²) in [5.41, 5.74) is 2.61. The first kappa shape index (κ1) is 30.0. The van der Waals surface area contributed by atoms with Crippen molar-refractivity contribution in [3.63, 3.8) is 0 Å². The Balaban J connectivity index is 1.54. The Morgan fingerprint density at radius 3 is 1.82 bits per heavy atom. The van der Waals surface area contributed by atoms with Crippen molar-refractivity contribution in [2.45, 2.75) is 56.8 Å². The van der Waals surface area contributed by atoms with Gasteiger partial charge in [0.2, 0.25) is 0 Å². The highest BCUT2D eigenvalue weighted by molar-refractivity contribution is 7.09. The number of ether oxygens (including phenoxy) is 3. The van der Waals surface area contributed by atoms with Gasteiger partial charge in [0.25, 0.3) is 0 Å². The zero-order chi connectivity index (χ0) is 28.2. The maximum absolute atomic E-state index is 13.3. The van der Waals surface area contributed by atoms with Gasteiger partial charge >= 0.3 is 0 Å². The largest absolute Gasteiger partial charge is 0.394 e. The molecule has 0 fully saturated rings. The minimum atomic E-state index is -1.49. The highest BCUT2D eigenvalue weighted by Gasteiger charge is 2.38. The molecule has 212 valence electrons. The van der Waals surface area contributed by atoms with Crippen molar-refractivity contribution in [2.24, 2.45) is 0 Å². The Bertz CT molecular complexity index is 1220. The van der Waals surface area contributed by atoms with E-state index in [9.17, 15) is 19.7 Å². The van der Waals surface area contributed by atoms with Gasteiger partial charge in [-0.1, -0.05) is 78.9 Å². The van der Waals surface area contributed by atoms with Crippen molar-refractivity contribution < 1.29 is 33.9 Å². The van der Waals surface area contributed by atoms with Crippen LogP contribution in [0.5, 0.6) is 0 Å². The lowest BCUT2D eigenvalue weighted by Crippen LogP contribution is -2.52. The molecule has 8 heteroatoms. The molecule has 1 aromatic heterocycles. The molecule has 5 atom stereocenters. The van der Waals surface area contributed by atoms with E-state index in [0.29, 0.717) is 12.0 Å². The summed E-state index contributed by atoms with van der Waals surface area (Å²) in [4.78, 5) is 0.958. The Hall–Kier alpha value is -2.95. The van der Waals surface area contributed by atoms with Gasteiger partial charge in [0.1, 0.15) is 30.2 Å². The van der Waals surface area contributed by atoms with Gasteiger partial charge in [0.15, 0.2) is 0 Å². The van der Waals surface area contributed by atoms with Crippen molar-refractivity contribution in [3.05, 3.63) is 130 Å². The lowest BCUT2D eigenvalue weighted by atomic mass is 9.94. The predicted molar refractivity (Wildman–Crippen MR) is 152 cm³/mol. The normalized spacial score (nSPS) is 15.3. The molecule has 6 nitrogen and oxygen atoms in total. The molecule has 4 rings (SSSR count). The predicted octanol–water partition coefficient (Wildman–Crippen LogP) is 4.90. The summed E-state index contributed by atoms with van der Waals surface area (Å²) < 4.78 is 31.6. The van der Waals surface area contributed by atoms with Gasteiger partial charge in [-0.25, -0.2) is 4.39 Å². The summed E-state index contributed by atoms with van der Waals surface area (Å²) in [6.45, 7) is -0.0178. The van der Waals surface area contributed by atoms with Gasteiger partial charge in [0.05, 0.1) is 32.5 Å². The summed E-state index contributed by atoms with van der Waals surface area (Å²) in [6.07, 6.45) is -5.22. The van der Waals surface area contributed by atoms with Crippen LogP contribution in [-0.4, -0.2) is 52.4 Å². The van der Waals surface area contributed by atoms with E-state index in [0.717, 1.165) is 16.0 Å². The summed E-state index contributed by atoms with van der Waals surface area (Å²) in [5.74, 6) is -0.372. The Kier molecular flexibility index (Phi) is 11.8. The Labute approximate surface area is 238 Å². The molecular formula is C32H35FO6S. The quantitative estimate of drug-likeness (QED) is 0.179. The minimum absolute atomic E-state index is 0.0218. The number of thiophene rings is 1. The topological polar surface area (TPSA) is 88.4 Å². The lowest BCUT2D eigenvalue weighted by Gasteiger charge is -2.35. The molecule has 4 aromatic rings. The van der Waals surface area contributed by atoms with Crippen molar-refractivity contribution in [1.82, 2.24) is 0 Å². The number of aliphatic hydroxyl groups is 3. The van der Waals surface area contributed by atoms with E-state index >= 15 is 0 Å². The molecular weight excluding hydrogens is 531 g/mol. The van der Waals surface area contributed by atoms with Crippen LogP contribution in [0.4, 0.5) is 4.39 Å². The second-order valence-corrected chi connectivity index (χ2v) is 10.6. The molecule has 0 aliphatic rings. The monoisotopic (exact) mass is 566 g/mol. The fourth-order valence-electron chi connectivity index (χ4n) is 4.35. The molecule has 0 aliphatic heterocycles. The van der Waals surface area contributed by atoms with Crippen molar-refractivity contribution in [3.8, 4) is 0 Å². The Morgan fingerprint density at radius 2 is 1.23 bits per heavy atom. The molecule has 40 heavy (non-hydrogen) atoms. The van der Waals surface area contributed by atoms with Crippen LogP contribution < -0.4 is 0 Å². The Morgan fingerprint density at radius 1 is 0.625 bits per heavy atom. The highest BCUT2D eigenvalue weighted by atomic mass is 32.1. The zero-order valence-corrected chi connectivity index (χ0v) is 22.9. The van der Waals surface area contributed by atoms with E-state index in [1.54, 1.807) is 12.1 Å². The first-order chi connectivity index (χ1) is 19.5. The number of benzene rings is 3. The second kappa shape index (κ2) is 15.7. The van der Waals surface area contributed by atoms with Crippen LogP contribution in [0.15, 0.2) is 102 Å². The average Bonchev–Trinajstić information content (AvgIpc) is 3.51. The van der Waals surface area contributed by atoms with Crippen LogP contribution in [0.25, 0.3) is 0 Å². The lowest BCUT2D eigenvalue weighted by molar-refractivity contribution is -0.184. The van der Waals surface area contributed by atoms with Gasteiger partial charge in [-0.2, -0.15) is 0 Å². The van der Waals surface area contributed by atoms with Gasteiger partial charge in [0, 0.05) is 11.3 Å². The van der Waals surface area contributed by atoms with Gasteiger partial charge in [-0.05, 0) is 40.3 Å². The van der Waals surface area contributed by atoms with Crippen LogP contribution in [0, 0.1) is 5.82 Å². The average molecular weight is 567 g/mol. The zero-order valence-electron chi connectivity index (χ0n) is 22.1. The second-order valence-electron chi connectivity index (χ2n) is 9.52. The van der Waals surface area contributed by atoms with Crippen LogP contribution in [0.3, 0.4) is 0 Å². The van der Waals surface area contributed by atoms with Crippen LogP contribution in [0.1, 0.15) is 21.6 Å². The molecule has 3 aromatic carbocycles. The molecule has 0 saturated heterocycles. The molecule has 0 amide bonds. The molecule has 0 radical (unpaired) electrons. The summed E-state index contributed by atoms with van der Waals surface area (Å²) in [5, 5.41) is 34.7. The summed E-state index contributed by atoms with van der Waals surface area (Å²) in [6, 6.07) is 29.0. The number of hydrogen-bond donors (Lipinski definition) is 3. The molecule has 1 unspecified atom stereocenters. The third-order valence-electron chi connectivity index (χ3n) is 6.58. The van der Waals surface area contributed by atoms with E-state index < -0.39 is 37.1 Å². The van der Waals surface area contributed by atoms with E-state index in [-0.39, 0.29) is 25.6 Å². The SMILES string of the molecule is OC[C@@H](OCc1ccc(F)cc1)[C@@H](O)[C@H](O)[C@H](OCc1cccs1)C(Cc1ccccc1)OCc1ccccc1. The number of rotatable bonds is 16. The number of halogens is 1. The van der Waals surface area contributed by atoms with E-state index in [1.807, 2.05) is 78.2 Å². The third-order valence-corrected chi connectivity index (χ3v) is 7.43. The van der Waals surface area contributed by atoms with Gasteiger partial charge < -0.3 is 29.5 Å². The number of hydrogen-bond acceptors (Lipinski definition) is 7. The van der Waals surface area contributed by atoms with Gasteiger partial charge in [-0.15, -0.1) is 11.3 Å². The van der Waals surface area contributed by atoms with Crippen molar-refractivity contribution >= 4 is 11.3 Å². The number of aliphatic hydroxyl groups excluding tert-OH is 3. The van der Waals surface area contributed by atoms with Crippen LogP contribution >= 0.6 is 11.3 Å². The molecule has 0 saturated carbocycles. The van der Waals surface area contributed by atoms with E-state index in [2.05, 4.69) is 0 Å². The molecule has 0 aliphatic carbocycles. The molecule has 1 heterocycles. The van der Waals surface area contributed by atoms with Gasteiger partial charge in [-0.3, -0.25) is 0 Å².